The highest BCUT2D eigenvalue weighted by atomic mass is 19.1. The van der Waals surface area contributed by atoms with Crippen LogP contribution in [0.2, 0.25) is 0 Å². The van der Waals surface area contributed by atoms with E-state index in [0.29, 0.717) is 16.7 Å². The third kappa shape index (κ3) is 3.16. The summed E-state index contributed by atoms with van der Waals surface area (Å²) in [6.45, 7) is 2.17. The van der Waals surface area contributed by atoms with Gasteiger partial charge in [-0.15, -0.1) is 0 Å². The summed E-state index contributed by atoms with van der Waals surface area (Å²) in [6.07, 6.45) is 3.31. The van der Waals surface area contributed by atoms with Gasteiger partial charge in [0, 0.05) is 30.1 Å². The first-order chi connectivity index (χ1) is 13.6. The second kappa shape index (κ2) is 7.27. The molecule has 0 aliphatic carbocycles. The zero-order valence-corrected chi connectivity index (χ0v) is 15.3. The Bertz CT molecular complexity index is 1050. The number of hydrogen-bond acceptors (Lipinski definition) is 3. The van der Waals surface area contributed by atoms with E-state index in [1.165, 1.54) is 11.0 Å². The summed E-state index contributed by atoms with van der Waals surface area (Å²) >= 11 is 0. The van der Waals surface area contributed by atoms with Crippen molar-refractivity contribution in [3.05, 3.63) is 107 Å². The van der Waals surface area contributed by atoms with Crippen molar-refractivity contribution in [2.45, 2.75) is 19.5 Å². The van der Waals surface area contributed by atoms with Gasteiger partial charge in [0.25, 0.3) is 5.91 Å². The molecule has 0 radical (unpaired) electrons. The molecule has 0 fully saturated rings. The molecular weight excluding hydrogens is 355 g/mol. The van der Waals surface area contributed by atoms with Crippen molar-refractivity contribution >= 4 is 11.5 Å². The smallest absolute Gasteiger partial charge is 0.290 e. The topological polar surface area (TPSA) is 53.4 Å². The fourth-order valence-electron chi connectivity index (χ4n) is 3.55. The Morgan fingerprint density at radius 2 is 1.82 bits per heavy atom. The van der Waals surface area contributed by atoms with E-state index >= 15 is 0 Å². The number of aliphatic hydroxyl groups is 1. The number of halogens is 1. The van der Waals surface area contributed by atoms with Gasteiger partial charge in [-0.2, -0.15) is 0 Å². The van der Waals surface area contributed by atoms with Crippen LogP contribution in [-0.4, -0.2) is 20.9 Å². The highest BCUT2D eigenvalue weighted by Crippen LogP contribution is 2.44. The minimum Gasteiger partial charge on any atom is -0.503 e. The molecule has 1 atom stereocenters. The van der Waals surface area contributed by atoms with Crippen LogP contribution in [0, 0.1) is 12.7 Å². The molecule has 140 valence electrons. The second-order valence-electron chi connectivity index (χ2n) is 6.85. The summed E-state index contributed by atoms with van der Waals surface area (Å²) in [7, 11) is 0. The van der Waals surface area contributed by atoms with Gasteiger partial charge in [-0.3, -0.25) is 9.78 Å². The van der Waals surface area contributed by atoms with Crippen LogP contribution in [0.4, 0.5) is 4.39 Å². The predicted molar refractivity (Wildman–Crippen MR) is 105 cm³/mol. The van der Waals surface area contributed by atoms with Gasteiger partial charge >= 0.3 is 0 Å². The number of aromatic nitrogens is 1. The Hall–Kier alpha value is -3.47. The maximum atomic E-state index is 14.7. The number of rotatable bonds is 4. The lowest BCUT2D eigenvalue weighted by Gasteiger charge is -2.27. The number of hydrogen-bond donors (Lipinski definition) is 1. The second-order valence-corrected chi connectivity index (χ2v) is 6.85. The summed E-state index contributed by atoms with van der Waals surface area (Å²) in [5.41, 5.74) is 3.31. The van der Waals surface area contributed by atoms with Crippen LogP contribution < -0.4 is 0 Å². The molecule has 0 spiro atoms. The zero-order valence-electron chi connectivity index (χ0n) is 15.3. The Kier molecular flexibility index (Phi) is 4.65. The monoisotopic (exact) mass is 374 g/mol. The molecule has 3 aromatic rings. The van der Waals surface area contributed by atoms with Gasteiger partial charge in [-0.05, 0) is 30.2 Å². The van der Waals surface area contributed by atoms with E-state index in [0.717, 1.165) is 11.1 Å². The molecular formula is C23H19FN2O2. The standard InChI is InChI=1S/C23H19FN2O2/c1-15-8-10-17(11-9-15)20-21(18-6-2-3-7-19(18)24)26(23(28)22(20)27)14-16-5-4-12-25-13-16/h2-13,21,27H,14H2,1H3/t21-/m1/s1. The Balaban J connectivity index is 1.84. The number of benzene rings is 2. The molecule has 5 heteroatoms. The van der Waals surface area contributed by atoms with Crippen LogP contribution in [0.3, 0.4) is 0 Å². The van der Waals surface area contributed by atoms with Gasteiger partial charge in [-0.25, -0.2) is 4.39 Å². The summed E-state index contributed by atoms with van der Waals surface area (Å²) in [6, 6.07) is 16.7. The van der Waals surface area contributed by atoms with Crippen molar-refractivity contribution in [3.63, 3.8) is 0 Å². The molecule has 0 bridgehead atoms. The molecule has 4 nitrogen and oxygen atoms in total. The van der Waals surface area contributed by atoms with Crippen LogP contribution in [0.1, 0.15) is 28.3 Å². The molecule has 28 heavy (non-hydrogen) atoms. The first kappa shape index (κ1) is 17.9. The minimum absolute atomic E-state index is 0.213. The molecule has 0 unspecified atom stereocenters. The minimum atomic E-state index is -0.725. The molecule has 0 saturated heterocycles. The van der Waals surface area contributed by atoms with Gasteiger partial charge in [-0.1, -0.05) is 54.1 Å². The van der Waals surface area contributed by atoms with Gasteiger partial charge in [0.05, 0.1) is 6.04 Å². The van der Waals surface area contributed by atoms with Crippen LogP contribution in [0.5, 0.6) is 0 Å². The van der Waals surface area contributed by atoms with Crippen molar-refractivity contribution in [1.82, 2.24) is 9.88 Å². The van der Waals surface area contributed by atoms with Crippen molar-refractivity contribution in [2.75, 3.05) is 0 Å². The van der Waals surface area contributed by atoms with E-state index in [1.807, 2.05) is 37.3 Å². The maximum Gasteiger partial charge on any atom is 0.290 e. The Morgan fingerprint density at radius 3 is 2.50 bits per heavy atom. The third-order valence-corrected chi connectivity index (χ3v) is 4.94. The van der Waals surface area contributed by atoms with E-state index < -0.39 is 17.8 Å². The summed E-state index contributed by atoms with van der Waals surface area (Å²) in [5, 5.41) is 10.7. The number of amides is 1. The highest BCUT2D eigenvalue weighted by Gasteiger charge is 2.42. The number of carbonyl (C=O) groups is 1. The number of nitrogens with zero attached hydrogens (tertiary/aromatic N) is 2. The van der Waals surface area contributed by atoms with E-state index in [1.54, 1.807) is 36.7 Å². The Labute approximate surface area is 162 Å². The number of aliphatic hydroxyl groups excluding tert-OH is 1. The first-order valence-corrected chi connectivity index (χ1v) is 9.00. The first-order valence-electron chi connectivity index (χ1n) is 9.00. The van der Waals surface area contributed by atoms with Crippen molar-refractivity contribution in [3.8, 4) is 0 Å². The van der Waals surface area contributed by atoms with Crippen LogP contribution in [-0.2, 0) is 11.3 Å². The molecule has 1 N–H and O–H groups in total. The Morgan fingerprint density at radius 1 is 1.07 bits per heavy atom. The fourth-order valence-corrected chi connectivity index (χ4v) is 3.55. The summed E-state index contributed by atoms with van der Waals surface area (Å²) < 4.78 is 14.7. The normalized spacial score (nSPS) is 16.7. The molecule has 1 aromatic heterocycles. The molecule has 2 heterocycles. The van der Waals surface area contributed by atoms with E-state index in [9.17, 15) is 14.3 Å². The quantitative estimate of drug-likeness (QED) is 0.727. The van der Waals surface area contributed by atoms with E-state index in [4.69, 9.17) is 0 Å². The van der Waals surface area contributed by atoms with Crippen LogP contribution >= 0.6 is 0 Å². The number of aryl methyl sites for hydroxylation is 1. The molecule has 1 aliphatic rings. The maximum absolute atomic E-state index is 14.7. The lowest BCUT2D eigenvalue weighted by molar-refractivity contribution is -0.130. The molecule has 1 aliphatic heterocycles. The largest absolute Gasteiger partial charge is 0.503 e. The highest BCUT2D eigenvalue weighted by molar-refractivity contribution is 6.05. The fraction of sp³-hybridized carbons (Fsp3) is 0.130. The molecule has 2 aromatic carbocycles. The average molecular weight is 374 g/mol. The van der Waals surface area contributed by atoms with Crippen molar-refractivity contribution in [1.29, 1.82) is 0 Å². The van der Waals surface area contributed by atoms with Crippen LogP contribution in [0.25, 0.3) is 5.57 Å². The molecule has 1 amide bonds. The molecule has 4 rings (SSSR count). The van der Waals surface area contributed by atoms with Crippen LogP contribution in [0.15, 0.2) is 78.8 Å². The van der Waals surface area contributed by atoms with Gasteiger partial charge < -0.3 is 10.0 Å². The van der Waals surface area contributed by atoms with Gasteiger partial charge in [0.2, 0.25) is 0 Å². The summed E-state index contributed by atoms with van der Waals surface area (Å²) in [5.74, 6) is -1.29. The average Bonchev–Trinajstić information content (AvgIpc) is 2.95. The summed E-state index contributed by atoms with van der Waals surface area (Å²) in [4.78, 5) is 18.5. The lowest BCUT2D eigenvalue weighted by atomic mass is 9.92. The number of pyridine rings is 1. The van der Waals surface area contributed by atoms with Crippen molar-refractivity contribution < 1.29 is 14.3 Å². The zero-order chi connectivity index (χ0) is 19.7. The predicted octanol–water partition coefficient (Wildman–Crippen LogP) is 4.58. The number of carbonyl (C=O) groups excluding carboxylic acids is 1. The van der Waals surface area contributed by atoms with E-state index in [-0.39, 0.29) is 12.3 Å². The van der Waals surface area contributed by atoms with Crippen molar-refractivity contribution in [2.24, 2.45) is 0 Å². The van der Waals surface area contributed by atoms with E-state index in [2.05, 4.69) is 4.98 Å². The van der Waals surface area contributed by atoms with Gasteiger partial charge in [0.15, 0.2) is 5.76 Å². The lowest BCUT2D eigenvalue weighted by Crippen LogP contribution is -2.30. The molecule has 0 saturated carbocycles. The third-order valence-electron chi connectivity index (χ3n) is 4.94. The SMILES string of the molecule is Cc1ccc(C2=C(O)C(=O)N(Cc3cccnc3)[C@@H]2c2ccccc2F)cc1. The van der Waals surface area contributed by atoms with Gasteiger partial charge in [0.1, 0.15) is 5.82 Å².